The second-order valence-electron chi connectivity index (χ2n) is 5.76. The number of hydrogen-bond donors (Lipinski definition) is 2. The summed E-state index contributed by atoms with van der Waals surface area (Å²) in [6, 6.07) is 14.6. The molecule has 0 saturated heterocycles. The van der Waals surface area contributed by atoms with Gasteiger partial charge in [0.2, 0.25) is 0 Å². The number of nitrogens with two attached hydrogens (primary N) is 1. The van der Waals surface area contributed by atoms with Crippen molar-refractivity contribution in [1.29, 1.82) is 0 Å². The van der Waals surface area contributed by atoms with Crippen molar-refractivity contribution in [2.45, 2.75) is 25.8 Å². The fourth-order valence-electron chi connectivity index (χ4n) is 2.79. The first-order chi connectivity index (χ1) is 11.0. The van der Waals surface area contributed by atoms with Gasteiger partial charge in [-0.2, -0.15) is 0 Å². The highest BCUT2D eigenvalue weighted by molar-refractivity contribution is 6.06. The van der Waals surface area contributed by atoms with Crippen LogP contribution in [0, 0.1) is 0 Å². The fraction of sp³-hybridized carbons (Fsp3) is 0.222. The van der Waals surface area contributed by atoms with Gasteiger partial charge in [-0.05, 0) is 31.0 Å². The molecule has 24 heavy (non-hydrogen) atoms. The summed E-state index contributed by atoms with van der Waals surface area (Å²) in [7, 11) is 0. The van der Waals surface area contributed by atoms with Crippen LogP contribution >= 0.6 is 12.4 Å². The molecule has 0 spiro atoms. The van der Waals surface area contributed by atoms with Gasteiger partial charge in [-0.1, -0.05) is 42.5 Å². The van der Waals surface area contributed by atoms with Crippen LogP contribution in [-0.2, 0) is 9.59 Å². The van der Waals surface area contributed by atoms with Crippen LogP contribution in [0.3, 0.4) is 0 Å². The summed E-state index contributed by atoms with van der Waals surface area (Å²) in [4.78, 5) is 24.9. The largest absolute Gasteiger partial charge is 0.320 e. The van der Waals surface area contributed by atoms with Gasteiger partial charge in [0.15, 0.2) is 0 Å². The second-order valence-corrected chi connectivity index (χ2v) is 5.76. The van der Waals surface area contributed by atoms with Gasteiger partial charge >= 0.3 is 0 Å². The maximum Gasteiger partial charge on any atom is 0.255 e. The van der Waals surface area contributed by atoms with Gasteiger partial charge in [0.1, 0.15) is 0 Å². The van der Waals surface area contributed by atoms with E-state index in [1.165, 1.54) is 5.01 Å². The number of hydrazine groups is 1. The summed E-state index contributed by atoms with van der Waals surface area (Å²) >= 11 is 0. The van der Waals surface area contributed by atoms with Crippen LogP contribution in [0.2, 0.25) is 0 Å². The number of amides is 2. The Hall–Kier alpha value is -2.37. The summed E-state index contributed by atoms with van der Waals surface area (Å²) < 4.78 is 0. The van der Waals surface area contributed by atoms with Gasteiger partial charge in [-0.3, -0.25) is 15.0 Å². The Kier molecular flexibility index (Phi) is 5.26. The van der Waals surface area contributed by atoms with Crippen molar-refractivity contribution in [2.24, 2.45) is 5.73 Å². The molecule has 0 radical (unpaired) electrons. The first kappa shape index (κ1) is 18.0. The highest BCUT2D eigenvalue weighted by Crippen LogP contribution is 2.39. The summed E-state index contributed by atoms with van der Waals surface area (Å²) in [5, 5.41) is 1.33. The van der Waals surface area contributed by atoms with E-state index in [1.807, 2.05) is 55.5 Å². The molecule has 2 aromatic rings. The van der Waals surface area contributed by atoms with Crippen LogP contribution < -0.4 is 16.2 Å². The van der Waals surface area contributed by atoms with Crippen LogP contribution in [0.1, 0.15) is 25.3 Å². The fourth-order valence-corrected chi connectivity index (χ4v) is 2.79. The van der Waals surface area contributed by atoms with Gasteiger partial charge in [0, 0.05) is 5.56 Å². The lowest BCUT2D eigenvalue weighted by Crippen LogP contribution is -2.52. The molecule has 0 aromatic heterocycles. The SMILES string of the molecule is CC1C(=O)N(NC(=O)[C@H](C)N)c2ccccc2-c2ccccc21.Cl. The van der Waals surface area contributed by atoms with Crippen molar-refractivity contribution >= 4 is 29.9 Å². The highest BCUT2D eigenvalue weighted by atomic mass is 35.5. The summed E-state index contributed by atoms with van der Waals surface area (Å²) in [5.41, 5.74) is 11.8. The van der Waals surface area contributed by atoms with E-state index in [4.69, 9.17) is 5.73 Å². The van der Waals surface area contributed by atoms with Crippen LogP contribution in [0.15, 0.2) is 48.5 Å². The van der Waals surface area contributed by atoms with Crippen LogP contribution in [-0.4, -0.2) is 17.9 Å². The molecule has 6 heteroatoms. The lowest BCUT2D eigenvalue weighted by molar-refractivity contribution is -0.127. The van der Waals surface area contributed by atoms with Gasteiger partial charge in [0.25, 0.3) is 11.8 Å². The quantitative estimate of drug-likeness (QED) is 0.878. The Morgan fingerprint density at radius 1 is 1.12 bits per heavy atom. The maximum absolute atomic E-state index is 12.9. The molecule has 0 aliphatic carbocycles. The number of benzene rings is 2. The molecule has 2 aromatic carbocycles. The monoisotopic (exact) mass is 345 g/mol. The first-order valence-electron chi connectivity index (χ1n) is 7.59. The van der Waals surface area contributed by atoms with E-state index in [1.54, 1.807) is 6.92 Å². The number of nitrogens with one attached hydrogen (secondary N) is 1. The van der Waals surface area contributed by atoms with Gasteiger partial charge in [0.05, 0.1) is 17.6 Å². The molecule has 1 aliphatic heterocycles. The normalized spacial score (nSPS) is 17.0. The van der Waals surface area contributed by atoms with Crippen molar-refractivity contribution in [3.8, 4) is 11.1 Å². The molecule has 2 amide bonds. The third-order valence-electron chi connectivity index (χ3n) is 4.09. The van der Waals surface area contributed by atoms with Crippen molar-refractivity contribution < 1.29 is 9.59 Å². The number of fused-ring (bicyclic) bond motifs is 3. The van der Waals surface area contributed by atoms with E-state index < -0.39 is 11.9 Å². The van der Waals surface area contributed by atoms with Gasteiger partial charge in [-0.25, -0.2) is 5.01 Å². The van der Waals surface area contributed by atoms with Crippen molar-refractivity contribution in [3.63, 3.8) is 0 Å². The number of carbonyl (C=O) groups is 2. The van der Waals surface area contributed by atoms with E-state index in [0.717, 1.165) is 16.7 Å². The predicted octanol–water partition coefficient (Wildman–Crippen LogP) is 2.60. The second kappa shape index (κ2) is 7.03. The molecule has 1 unspecified atom stereocenters. The Labute approximate surface area is 147 Å². The zero-order valence-corrected chi connectivity index (χ0v) is 14.3. The van der Waals surface area contributed by atoms with Crippen molar-refractivity contribution in [3.05, 3.63) is 54.1 Å². The summed E-state index contributed by atoms with van der Waals surface area (Å²) in [6.07, 6.45) is 0. The maximum atomic E-state index is 12.9. The number of carbonyl (C=O) groups excluding carboxylic acids is 2. The van der Waals surface area contributed by atoms with E-state index in [-0.39, 0.29) is 24.2 Å². The molecule has 3 N–H and O–H groups in total. The van der Waals surface area contributed by atoms with Gasteiger partial charge in [-0.15, -0.1) is 12.4 Å². The van der Waals surface area contributed by atoms with E-state index in [0.29, 0.717) is 5.69 Å². The van der Waals surface area contributed by atoms with Crippen LogP contribution in [0.5, 0.6) is 0 Å². The van der Waals surface area contributed by atoms with E-state index in [9.17, 15) is 9.59 Å². The lowest BCUT2D eigenvalue weighted by Gasteiger charge is -2.26. The molecule has 0 bridgehead atoms. The zero-order chi connectivity index (χ0) is 16.6. The number of hydrogen-bond acceptors (Lipinski definition) is 3. The average molecular weight is 346 g/mol. The number of nitrogens with zero attached hydrogens (tertiary/aromatic N) is 1. The number of para-hydroxylation sites is 1. The summed E-state index contributed by atoms with van der Waals surface area (Å²) in [6.45, 7) is 3.43. The molecular formula is C18H20ClN3O2. The van der Waals surface area contributed by atoms with E-state index in [2.05, 4.69) is 5.43 Å². The molecule has 3 rings (SSSR count). The molecular weight excluding hydrogens is 326 g/mol. The van der Waals surface area contributed by atoms with Crippen LogP contribution in [0.4, 0.5) is 5.69 Å². The minimum atomic E-state index is -0.698. The molecule has 1 heterocycles. The lowest BCUT2D eigenvalue weighted by atomic mass is 9.92. The average Bonchev–Trinajstić information content (AvgIpc) is 2.65. The zero-order valence-electron chi connectivity index (χ0n) is 13.5. The molecule has 2 atom stereocenters. The smallest absolute Gasteiger partial charge is 0.255 e. The minimum Gasteiger partial charge on any atom is -0.320 e. The van der Waals surface area contributed by atoms with Crippen molar-refractivity contribution in [1.82, 2.24) is 5.43 Å². The Balaban J connectivity index is 0.00000208. The van der Waals surface area contributed by atoms with Gasteiger partial charge < -0.3 is 5.73 Å². The molecule has 0 fully saturated rings. The molecule has 5 nitrogen and oxygen atoms in total. The topological polar surface area (TPSA) is 75.4 Å². The Morgan fingerprint density at radius 3 is 2.38 bits per heavy atom. The highest BCUT2D eigenvalue weighted by Gasteiger charge is 2.32. The van der Waals surface area contributed by atoms with E-state index >= 15 is 0 Å². The molecule has 126 valence electrons. The Morgan fingerprint density at radius 2 is 1.71 bits per heavy atom. The molecule has 0 saturated carbocycles. The number of rotatable bonds is 2. The van der Waals surface area contributed by atoms with Crippen molar-refractivity contribution in [2.75, 3.05) is 5.01 Å². The third kappa shape index (κ3) is 3.00. The number of halogens is 1. The standard InChI is InChI=1S/C18H19N3O2.ClH/c1-11-13-7-3-4-8-14(13)15-9-5-6-10-16(15)21(18(11)23)20-17(22)12(2)19;/h3-12H,19H2,1-2H3,(H,20,22);1H/t11?,12-;/m0./s1. The summed E-state index contributed by atoms with van der Waals surface area (Å²) in [5.74, 6) is -0.949. The Bertz CT molecular complexity index is 776. The molecule has 1 aliphatic rings. The third-order valence-corrected chi connectivity index (χ3v) is 4.09. The minimum absolute atomic E-state index is 0. The van der Waals surface area contributed by atoms with Crippen LogP contribution in [0.25, 0.3) is 11.1 Å². The number of anilines is 1. The first-order valence-corrected chi connectivity index (χ1v) is 7.59. The predicted molar refractivity (Wildman–Crippen MR) is 96.8 cm³/mol.